The molecule has 0 amide bonds. The van der Waals surface area contributed by atoms with Crippen molar-refractivity contribution < 1.29 is 181 Å². The number of fused-ring (bicyclic) bond motifs is 6. The highest BCUT2D eigenvalue weighted by Gasteiger charge is 2.64. The Morgan fingerprint density at radius 1 is 0.410 bits per heavy atom. The molecule has 0 radical (unpaired) electrons. The summed E-state index contributed by atoms with van der Waals surface area (Å²) in [6.45, 7) is -0.0658. The van der Waals surface area contributed by atoms with E-state index < -0.39 is 239 Å². The van der Waals surface area contributed by atoms with E-state index in [4.69, 9.17) is 176 Å². The smallest absolute Gasteiger partial charge is 0.425 e. The molecule has 68 heteroatoms. The molecule has 12 bridgehead atoms. The van der Waals surface area contributed by atoms with Gasteiger partial charge < -0.3 is 181 Å². The molecule has 11 rings (SSSR count). The first-order valence-electron chi connectivity index (χ1n) is 21.7. The lowest BCUT2D eigenvalue weighted by atomic mass is 11.6. The van der Waals surface area contributed by atoms with Crippen LogP contribution in [-0.4, -0.2) is 314 Å². The predicted octanol–water partition coefficient (Wildman–Crippen LogP) is -18.4. The molecule has 0 saturated carbocycles. The molecule has 1 N–H and O–H groups in total. The summed E-state index contributed by atoms with van der Waals surface area (Å²) in [4.78, 5) is 11.6. The Kier molecular flexibility index (Phi) is 29.0. The molecule has 11 aliphatic heterocycles. The van der Waals surface area contributed by atoms with Gasteiger partial charge in [0.25, 0.3) is 30.0 Å². The second-order valence-corrected chi connectivity index (χ2v) is 67.4. The third-order valence-electron chi connectivity index (χ3n) is 9.24. The third kappa shape index (κ3) is 20.1. The topological polar surface area (TPSA) is 408 Å². The first-order valence-corrected chi connectivity index (χ1v) is 56.7. The molecule has 10 atom stereocenters. The fraction of sp³-hybridized carbons (Fsp3) is 1.00. The van der Waals surface area contributed by atoms with Crippen LogP contribution >= 0.6 is 0 Å². The molecule has 454 valence electrons. The van der Waals surface area contributed by atoms with Gasteiger partial charge in [-0.3, -0.25) is 0 Å². The second kappa shape index (κ2) is 33.5. The van der Waals surface area contributed by atoms with Crippen LogP contribution in [-0.2, 0) is 176 Å². The van der Waals surface area contributed by atoms with Crippen LogP contribution in [0.5, 0.6) is 0 Å². The van der Waals surface area contributed by atoms with E-state index in [1.54, 1.807) is 0 Å². The lowest BCUT2D eigenvalue weighted by Gasteiger charge is -2.44. The highest BCUT2D eigenvalue weighted by Crippen LogP contribution is 2.30. The highest BCUT2D eigenvalue weighted by molar-refractivity contribution is 6.85. The van der Waals surface area contributed by atoms with Crippen LogP contribution in [0.4, 0.5) is 0 Å². The van der Waals surface area contributed by atoms with Crippen molar-refractivity contribution in [2.24, 2.45) is 0 Å². The minimum atomic E-state index is -4.76. The van der Waals surface area contributed by atoms with Crippen LogP contribution in [0, 0.1) is 0 Å². The van der Waals surface area contributed by atoms with Crippen molar-refractivity contribution in [2.45, 2.75) is 0 Å². The summed E-state index contributed by atoms with van der Waals surface area (Å²) in [5.74, 6) is 0. The zero-order chi connectivity index (χ0) is 55.2. The van der Waals surface area contributed by atoms with E-state index in [1.165, 1.54) is 56.9 Å². The second-order valence-electron chi connectivity index (χ2n) is 14.0. The molecule has 10 unspecified atom stereocenters. The Morgan fingerprint density at radius 2 is 0.833 bits per heavy atom. The van der Waals surface area contributed by atoms with Crippen LogP contribution in [0.1, 0.15) is 0 Å². The van der Waals surface area contributed by atoms with Crippen molar-refractivity contribution in [1.29, 1.82) is 0 Å². The molecule has 43 nitrogen and oxygen atoms in total. The SMILES string of the molecule is CO[SiH2]OCO[SiH2]O[Si](OC)(OC)O[SiH]1O[SiH](OC)O[Si]2(O[SiH]3O[SiH2]O[SiH](OC)O[Si](OC)(OC)O[SiH](OC)O[SiH]4O[SiH](O[SiH2]O[SiH2]O[SiH](O3)O[Si](O)(OC)O4)O2)O1.O1[SiH]2O[SiH]3O[SiH]4O[SiH]1O[SiH]1O[SiH](O2)O[SiH](O3)O[SiH](O4)O1. The Bertz CT molecular complexity index is 1590. The van der Waals surface area contributed by atoms with Crippen LogP contribution in [0.2, 0.25) is 0 Å². The van der Waals surface area contributed by atoms with Gasteiger partial charge in [-0.15, -0.1) is 0 Å². The molecule has 0 aromatic rings. The summed E-state index contributed by atoms with van der Waals surface area (Å²) in [6.07, 6.45) is 0. The Balaban J connectivity index is 0.000000327. The van der Waals surface area contributed by atoms with Crippen molar-refractivity contribution in [2.75, 3.05) is 70.8 Å². The Morgan fingerprint density at radius 3 is 1.31 bits per heavy atom. The largest absolute Gasteiger partial charge is 0.663 e. The Hall–Kier alpha value is 3.70. The van der Waals surface area contributed by atoms with E-state index in [0.29, 0.717) is 0 Å². The molecule has 11 aliphatic rings. The maximum atomic E-state index is 11.6. The van der Waals surface area contributed by atoms with Gasteiger partial charge in [0.1, 0.15) is 6.79 Å². The zero-order valence-electron chi connectivity index (χ0n) is 42.1. The summed E-state index contributed by atoms with van der Waals surface area (Å²) in [6, 6.07) is 0. The first kappa shape index (κ1) is 67.6. The quantitative estimate of drug-likeness (QED) is 0.0803. The minimum absolute atomic E-state index is 0.0658. The zero-order valence-corrected chi connectivity index (χ0v) is 71.6. The van der Waals surface area contributed by atoms with Crippen molar-refractivity contribution in [3.05, 3.63) is 0 Å². The van der Waals surface area contributed by atoms with E-state index in [0.717, 1.165) is 7.11 Å². The standard InChI is InChI=1S/C10H48O31Si17.H8O12Si8/c1-12-42-21-10-22-43-28-56(17-6,18-7)40-54-30-49(15-4)37-58(41-54)38-51-25-45-23-44-24-50-31-52(39-58)27-46-26-47(13-2)35-57(19-8,20-9)36-48(14-3)29-53(32-51)34-55(11,16-5)33-50;1-13-2-15-6-17-4-14(1)5-18-7-16(3-13)9-19(8-15)12-20(10-17)11-18/h11,47-54H,10,42-46H2,1-9H3;13-20H. The molecule has 1 spiro atoms. The molecular weight excluding hydrogens is 1510 g/mol. The summed E-state index contributed by atoms with van der Waals surface area (Å²) in [5.41, 5.74) is 0. The molecule has 11 saturated heterocycles. The molecular formula is C10H56O43Si25. The van der Waals surface area contributed by atoms with Gasteiger partial charge in [0.15, 0.2) is 0 Å². The average molecular weight is 1570 g/mol. The van der Waals surface area contributed by atoms with Crippen molar-refractivity contribution >= 4 is 239 Å². The van der Waals surface area contributed by atoms with Crippen molar-refractivity contribution in [3.8, 4) is 0 Å². The van der Waals surface area contributed by atoms with Gasteiger partial charge in [-0.2, -0.15) is 0 Å². The number of hydrogen-bond acceptors (Lipinski definition) is 43. The number of rotatable bonds is 17. The molecule has 78 heavy (non-hydrogen) atoms. The predicted molar refractivity (Wildman–Crippen MR) is 286 cm³/mol. The van der Waals surface area contributed by atoms with E-state index in [-0.39, 0.29) is 6.79 Å². The molecule has 0 aromatic heterocycles. The van der Waals surface area contributed by atoms with Crippen LogP contribution in [0.3, 0.4) is 0 Å². The van der Waals surface area contributed by atoms with Gasteiger partial charge in [-0.1, -0.05) is 0 Å². The maximum Gasteiger partial charge on any atom is 0.663 e. The summed E-state index contributed by atoms with van der Waals surface area (Å²) in [5, 5.41) is 0. The van der Waals surface area contributed by atoms with Gasteiger partial charge in [0.2, 0.25) is 0 Å². The van der Waals surface area contributed by atoms with E-state index in [9.17, 15) is 4.80 Å². The lowest BCUT2D eigenvalue weighted by Crippen LogP contribution is -2.70. The Labute approximate surface area is 487 Å². The highest BCUT2D eigenvalue weighted by atomic mass is 28.6. The summed E-state index contributed by atoms with van der Waals surface area (Å²) >= 11 is 0. The van der Waals surface area contributed by atoms with Crippen molar-refractivity contribution in [1.82, 2.24) is 0 Å². The van der Waals surface area contributed by atoms with E-state index >= 15 is 0 Å². The normalized spacial score (nSPS) is 42.8. The third-order valence-corrected chi connectivity index (χ3v) is 69.4. The first-order chi connectivity index (χ1) is 37.8. The van der Waals surface area contributed by atoms with Crippen LogP contribution in [0.25, 0.3) is 0 Å². The van der Waals surface area contributed by atoms with Crippen LogP contribution < -0.4 is 0 Å². The monoisotopic (exact) mass is 1560 g/mol. The van der Waals surface area contributed by atoms with E-state index in [1.807, 2.05) is 0 Å². The van der Waals surface area contributed by atoms with Gasteiger partial charge >= 0.3 is 209 Å². The summed E-state index contributed by atoms with van der Waals surface area (Å²) < 4.78 is 244. The van der Waals surface area contributed by atoms with Gasteiger partial charge in [-0.25, -0.2) is 0 Å². The van der Waals surface area contributed by atoms with Gasteiger partial charge in [-0.05, 0) is 0 Å². The molecule has 11 heterocycles. The van der Waals surface area contributed by atoms with Gasteiger partial charge in [0, 0.05) is 64.0 Å². The fourth-order valence-corrected chi connectivity index (χ4v) is 81.4. The maximum absolute atomic E-state index is 11.6. The molecule has 0 aliphatic carbocycles. The average Bonchev–Trinajstić information content (AvgIpc) is 3.37. The fourth-order valence-electron chi connectivity index (χ4n) is 5.81. The van der Waals surface area contributed by atoms with Crippen LogP contribution in [0.15, 0.2) is 0 Å². The lowest BCUT2D eigenvalue weighted by molar-refractivity contribution is 0.00305. The minimum Gasteiger partial charge on any atom is -0.425 e. The number of hydrogen-bond donors (Lipinski definition) is 1. The van der Waals surface area contributed by atoms with Gasteiger partial charge in [0.05, 0.1) is 0 Å². The van der Waals surface area contributed by atoms with Crippen molar-refractivity contribution in [3.63, 3.8) is 0 Å². The summed E-state index contributed by atoms with van der Waals surface area (Å²) in [7, 11) is -63.5. The molecule has 11 fully saturated rings. The van der Waals surface area contributed by atoms with E-state index in [2.05, 4.69) is 0 Å². The molecule has 0 aromatic carbocycles.